The van der Waals surface area contributed by atoms with Crippen LogP contribution < -0.4 is 5.32 Å². The van der Waals surface area contributed by atoms with Crippen molar-refractivity contribution in [3.63, 3.8) is 0 Å². The molecule has 1 aromatic carbocycles. The molecule has 0 saturated heterocycles. The Balaban J connectivity index is 1.74. The summed E-state index contributed by atoms with van der Waals surface area (Å²) < 4.78 is 2.33. The first-order valence-corrected chi connectivity index (χ1v) is 7.24. The number of rotatable bonds is 4. The summed E-state index contributed by atoms with van der Waals surface area (Å²) >= 11 is 0. The van der Waals surface area contributed by atoms with Crippen LogP contribution in [0, 0.1) is 18.3 Å². The first-order valence-electron chi connectivity index (χ1n) is 7.24. The fourth-order valence-corrected chi connectivity index (χ4v) is 3.18. The van der Waals surface area contributed by atoms with Crippen LogP contribution in [0.5, 0.6) is 0 Å². The Kier molecular flexibility index (Phi) is 2.94. The van der Waals surface area contributed by atoms with Gasteiger partial charge in [0.2, 0.25) is 0 Å². The normalized spacial score (nSPS) is 20.9. The second-order valence-corrected chi connectivity index (χ2v) is 6.67. The molecule has 0 amide bonds. The van der Waals surface area contributed by atoms with E-state index in [1.165, 1.54) is 28.6 Å². The Bertz CT molecular complexity index is 568. The van der Waals surface area contributed by atoms with E-state index >= 15 is 0 Å². The van der Waals surface area contributed by atoms with E-state index in [4.69, 9.17) is 0 Å². The van der Waals surface area contributed by atoms with E-state index in [-0.39, 0.29) is 0 Å². The number of para-hydroxylation sites is 1. The third-order valence-electron chi connectivity index (χ3n) is 4.91. The van der Waals surface area contributed by atoms with Crippen molar-refractivity contribution in [1.82, 2.24) is 9.88 Å². The van der Waals surface area contributed by atoms with Gasteiger partial charge in [-0.1, -0.05) is 32.0 Å². The maximum atomic E-state index is 3.64. The quantitative estimate of drug-likeness (QED) is 0.884. The number of aryl methyl sites for hydroxylation is 2. The zero-order valence-corrected chi connectivity index (χ0v) is 12.5. The van der Waals surface area contributed by atoms with E-state index in [1.807, 2.05) is 0 Å². The van der Waals surface area contributed by atoms with Crippen LogP contribution in [0.2, 0.25) is 0 Å². The van der Waals surface area contributed by atoms with Crippen molar-refractivity contribution in [1.29, 1.82) is 0 Å². The molecule has 1 saturated carbocycles. The van der Waals surface area contributed by atoms with Crippen LogP contribution in [0.4, 0.5) is 0 Å². The summed E-state index contributed by atoms with van der Waals surface area (Å²) in [7, 11) is 2.17. The highest BCUT2D eigenvalue weighted by Crippen LogP contribution is 2.51. The molecule has 0 aliphatic heterocycles. The summed E-state index contributed by atoms with van der Waals surface area (Å²) in [6.45, 7) is 9.08. The molecule has 0 bridgehead atoms. The molecule has 2 heteroatoms. The molecular formula is C17H24N2. The van der Waals surface area contributed by atoms with E-state index in [0.717, 1.165) is 19.0 Å². The minimum atomic E-state index is 0.570. The molecule has 2 aromatic rings. The second kappa shape index (κ2) is 4.38. The molecule has 1 aliphatic rings. The third kappa shape index (κ3) is 2.18. The van der Waals surface area contributed by atoms with Gasteiger partial charge in [-0.05, 0) is 42.9 Å². The zero-order valence-electron chi connectivity index (χ0n) is 12.5. The van der Waals surface area contributed by atoms with Gasteiger partial charge in [-0.2, -0.15) is 0 Å². The molecule has 19 heavy (non-hydrogen) atoms. The van der Waals surface area contributed by atoms with Crippen molar-refractivity contribution >= 4 is 10.9 Å². The van der Waals surface area contributed by atoms with Gasteiger partial charge >= 0.3 is 0 Å². The molecule has 1 aromatic heterocycles. The Hall–Kier alpha value is -1.28. The lowest BCUT2D eigenvalue weighted by molar-refractivity contribution is 0.514. The van der Waals surface area contributed by atoms with Gasteiger partial charge in [-0.15, -0.1) is 0 Å². The highest BCUT2D eigenvalue weighted by Gasteiger charge is 2.44. The van der Waals surface area contributed by atoms with Gasteiger partial charge in [0, 0.05) is 30.2 Å². The Morgan fingerprint density at radius 2 is 2.00 bits per heavy atom. The molecule has 1 atom stereocenters. The van der Waals surface area contributed by atoms with Gasteiger partial charge in [-0.25, -0.2) is 0 Å². The molecule has 102 valence electrons. The van der Waals surface area contributed by atoms with Crippen molar-refractivity contribution in [2.24, 2.45) is 18.4 Å². The number of nitrogens with zero attached hydrogens (tertiary/aromatic N) is 1. The van der Waals surface area contributed by atoms with E-state index in [0.29, 0.717) is 5.41 Å². The summed E-state index contributed by atoms with van der Waals surface area (Å²) in [6.07, 6.45) is 1.37. The van der Waals surface area contributed by atoms with Gasteiger partial charge in [0.15, 0.2) is 0 Å². The van der Waals surface area contributed by atoms with Crippen LogP contribution in [0.3, 0.4) is 0 Å². The summed E-state index contributed by atoms with van der Waals surface area (Å²) in [5, 5.41) is 5.02. The van der Waals surface area contributed by atoms with Crippen molar-refractivity contribution in [3.8, 4) is 0 Å². The molecule has 2 nitrogen and oxygen atoms in total. The number of fused-ring (bicyclic) bond motifs is 1. The molecule has 1 unspecified atom stereocenters. The van der Waals surface area contributed by atoms with Crippen LogP contribution in [-0.2, 0) is 13.6 Å². The van der Waals surface area contributed by atoms with Crippen molar-refractivity contribution in [2.75, 3.05) is 6.54 Å². The largest absolute Gasteiger partial charge is 0.346 e. The number of hydrogen-bond donors (Lipinski definition) is 1. The van der Waals surface area contributed by atoms with Gasteiger partial charge < -0.3 is 9.88 Å². The second-order valence-electron chi connectivity index (χ2n) is 6.67. The van der Waals surface area contributed by atoms with Crippen LogP contribution in [-0.4, -0.2) is 11.1 Å². The van der Waals surface area contributed by atoms with Crippen LogP contribution >= 0.6 is 0 Å². The number of aromatic nitrogens is 1. The highest BCUT2D eigenvalue weighted by molar-refractivity contribution is 5.85. The topological polar surface area (TPSA) is 17.0 Å². The average molecular weight is 256 g/mol. The summed E-state index contributed by atoms with van der Waals surface area (Å²) in [5.41, 5.74) is 4.74. The number of nitrogens with one attached hydrogen (secondary N) is 1. The van der Waals surface area contributed by atoms with Crippen LogP contribution in [0.1, 0.15) is 31.5 Å². The maximum absolute atomic E-state index is 3.64. The van der Waals surface area contributed by atoms with Crippen LogP contribution in [0.25, 0.3) is 10.9 Å². The molecule has 1 heterocycles. The average Bonchev–Trinajstić information content (AvgIpc) is 2.92. The molecule has 0 spiro atoms. The maximum Gasteiger partial charge on any atom is 0.0483 e. The van der Waals surface area contributed by atoms with E-state index in [2.05, 4.69) is 62.0 Å². The minimum Gasteiger partial charge on any atom is -0.346 e. The van der Waals surface area contributed by atoms with Gasteiger partial charge in [0.1, 0.15) is 0 Å². The SMILES string of the molecule is Cc1c(CNCC2CC2(C)C)n(C)c2ccccc12. The zero-order chi connectivity index (χ0) is 13.6. The van der Waals surface area contributed by atoms with Crippen molar-refractivity contribution in [3.05, 3.63) is 35.5 Å². The van der Waals surface area contributed by atoms with E-state index in [9.17, 15) is 0 Å². The Morgan fingerprint density at radius 3 is 2.63 bits per heavy atom. The first-order chi connectivity index (χ1) is 9.00. The van der Waals surface area contributed by atoms with E-state index < -0.39 is 0 Å². The summed E-state index contributed by atoms with van der Waals surface area (Å²) in [5.74, 6) is 0.863. The fraction of sp³-hybridized carbons (Fsp3) is 0.529. The Labute approximate surface area is 115 Å². The fourth-order valence-electron chi connectivity index (χ4n) is 3.18. The molecule has 0 radical (unpaired) electrons. The lowest BCUT2D eigenvalue weighted by atomic mass is 10.1. The van der Waals surface area contributed by atoms with Crippen molar-refractivity contribution < 1.29 is 0 Å². The summed E-state index contributed by atoms with van der Waals surface area (Å²) in [6, 6.07) is 8.67. The first kappa shape index (κ1) is 12.7. The minimum absolute atomic E-state index is 0.570. The van der Waals surface area contributed by atoms with Crippen LogP contribution in [0.15, 0.2) is 24.3 Å². The standard InChI is InChI=1S/C17H24N2/c1-12-14-7-5-6-8-15(14)19(4)16(12)11-18-10-13-9-17(13,2)3/h5-8,13,18H,9-11H2,1-4H3. The smallest absolute Gasteiger partial charge is 0.0483 e. The number of hydrogen-bond acceptors (Lipinski definition) is 1. The monoisotopic (exact) mass is 256 g/mol. The highest BCUT2D eigenvalue weighted by atomic mass is 15.0. The van der Waals surface area contributed by atoms with Crippen molar-refractivity contribution in [2.45, 2.75) is 33.7 Å². The number of benzene rings is 1. The van der Waals surface area contributed by atoms with E-state index in [1.54, 1.807) is 0 Å². The third-order valence-corrected chi connectivity index (χ3v) is 4.91. The lowest BCUT2D eigenvalue weighted by Gasteiger charge is -2.09. The molecule has 1 aliphatic carbocycles. The predicted octanol–water partition coefficient (Wildman–Crippen LogP) is 3.62. The van der Waals surface area contributed by atoms with Gasteiger partial charge in [0.25, 0.3) is 0 Å². The lowest BCUT2D eigenvalue weighted by Crippen LogP contribution is -2.20. The molecule has 1 fully saturated rings. The molecular weight excluding hydrogens is 232 g/mol. The summed E-state index contributed by atoms with van der Waals surface area (Å²) in [4.78, 5) is 0. The predicted molar refractivity (Wildman–Crippen MR) is 81.3 cm³/mol. The Morgan fingerprint density at radius 1 is 1.32 bits per heavy atom. The molecule has 1 N–H and O–H groups in total. The van der Waals surface area contributed by atoms with Gasteiger partial charge in [-0.3, -0.25) is 0 Å². The van der Waals surface area contributed by atoms with Gasteiger partial charge in [0.05, 0.1) is 0 Å². The molecule has 3 rings (SSSR count).